The third-order valence-corrected chi connectivity index (χ3v) is 5.44. The molecule has 0 radical (unpaired) electrons. The van der Waals surface area contributed by atoms with Crippen molar-refractivity contribution in [2.24, 2.45) is 5.73 Å². The van der Waals surface area contributed by atoms with Gasteiger partial charge in [0.1, 0.15) is 5.82 Å². The van der Waals surface area contributed by atoms with E-state index in [1.54, 1.807) is 12.1 Å². The zero-order valence-corrected chi connectivity index (χ0v) is 12.1. The Labute approximate surface area is 123 Å². The molecule has 1 aliphatic rings. The van der Waals surface area contributed by atoms with Gasteiger partial charge >= 0.3 is 0 Å². The molecule has 1 aliphatic heterocycles. The average molecular weight is 306 g/mol. The molecular formula is C15H15FN2O2S. The fraction of sp³-hybridized carbons (Fsp3) is 0.200. The SMILES string of the molecule is NC1CCN(S(=O)(=O)c2cccc(F)c2)c2ccccc21. The number of hydrogen-bond acceptors (Lipinski definition) is 3. The molecule has 0 amide bonds. The van der Waals surface area contributed by atoms with Crippen LogP contribution in [-0.2, 0) is 10.0 Å². The van der Waals surface area contributed by atoms with E-state index < -0.39 is 15.8 Å². The molecule has 4 nitrogen and oxygen atoms in total. The van der Waals surface area contributed by atoms with Gasteiger partial charge in [-0.2, -0.15) is 0 Å². The minimum atomic E-state index is -3.78. The van der Waals surface area contributed by atoms with E-state index in [2.05, 4.69) is 0 Å². The van der Waals surface area contributed by atoms with Crippen molar-refractivity contribution in [3.05, 3.63) is 59.9 Å². The van der Waals surface area contributed by atoms with Gasteiger partial charge in [-0.05, 0) is 36.2 Å². The molecule has 6 heteroatoms. The number of para-hydroxylation sites is 1. The minimum absolute atomic E-state index is 0.0484. The summed E-state index contributed by atoms with van der Waals surface area (Å²) in [6, 6.07) is 12.0. The summed E-state index contributed by atoms with van der Waals surface area (Å²) in [7, 11) is -3.78. The third kappa shape index (κ3) is 2.41. The van der Waals surface area contributed by atoms with Crippen molar-refractivity contribution in [3.8, 4) is 0 Å². The summed E-state index contributed by atoms with van der Waals surface area (Å²) in [6.07, 6.45) is 0.533. The van der Waals surface area contributed by atoms with E-state index in [4.69, 9.17) is 5.73 Å². The van der Waals surface area contributed by atoms with Crippen molar-refractivity contribution < 1.29 is 12.8 Å². The summed E-state index contributed by atoms with van der Waals surface area (Å²) < 4.78 is 40.1. The lowest BCUT2D eigenvalue weighted by Gasteiger charge is -2.33. The highest BCUT2D eigenvalue weighted by Gasteiger charge is 2.31. The number of rotatable bonds is 2. The molecule has 1 heterocycles. The Morgan fingerprint density at radius 1 is 1.14 bits per heavy atom. The molecule has 2 aromatic carbocycles. The van der Waals surface area contributed by atoms with Crippen LogP contribution in [0, 0.1) is 5.82 Å². The van der Waals surface area contributed by atoms with E-state index in [0.717, 1.165) is 11.6 Å². The van der Waals surface area contributed by atoms with E-state index in [0.29, 0.717) is 12.1 Å². The van der Waals surface area contributed by atoms with Crippen LogP contribution in [-0.4, -0.2) is 15.0 Å². The van der Waals surface area contributed by atoms with Crippen molar-refractivity contribution in [1.29, 1.82) is 0 Å². The number of hydrogen-bond donors (Lipinski definition) is 1. The van der Waals surface area contributed by atoms with Gasteiger partial charge in [-0.15, -0.1) is 0 Å². The molecule has 21 heavy (non-hydrogen) atoms. The summed E-state index contributed by atoms with van der Waals surface area (Å²) in [5.41, 5.74) is 7.40. The highest BCUT2D eigenvalue weighted by atomic mass is 32.2. The molecule has 1 unspecified atom stereocenters. The maximum Gasteiger partial charge on any atom is 0.264 e. The van der Waals surface area contributed by atoms with E-state index in [1.165, 1.54) is 22.5 Å². The second-order valence-electron chi connectivity index (χ2n) is 4.99. The van der Waals surface area contributed by atoms with Gasteiger partial charge in [0, 0.05) is 12.6 Å². The number of nitrogens with two attached hydrogens (primary N) is 1. The van der Waals surface area contributed by atoms with Crippen LogP contribution in [0.1, 0.15) is 18.0 Å². The van der Waals surface area contributed by atoms with Gasteiger partial charge in [0.25, 0.3) is 10.0 Å². The molecule has 0 aliphatic carbocycles. The normalized spacial score (nSPS) is 18.4. The first-order valence-electron chi connectivity index (χ1n) is 6.63. The average Bonchev–Trinajstić information content (AvgIpc) is 2.47. The lowest BCUT2D eigenvalue weighted by molar-refractivity contribution is 0.571. The zero-order chi connectivity index (χ0) is 15.0. The third-order valence-electron chi connectivity index (χ3n) is 3.63. The van der Waals surface area contributed by atoms with Crippen LogP contribution in [0.25, 0.3) is 0 Å². The highest BCUT2D eigenvalue weighted by molar-refractivity contribution is 7.92. The Morgan fingerprint density at radius 2 is 1.90 bits per heavy atom. The number of benzene rings is 2. The van der Waals surface area contributed by atoms with Gasteiger partial charge in [0.15, 0.2) is 0 Å². The predicted octanol–water partition coefficient (Wildman–Crippen LogP) is 2.42. The number of halogens is 1. The Morgan fingerprint density at radius 3 is 2.67 bits per heavy atom. The number of nitrogens with zero attached hydrogens (tertiary/aromatic N) is 1. The summed E-state index contributed by atoms with van der Waals surface area (Å²) in [5, 5.41) is 0. The van der Waals surface area contributed by atoms with Gasteiger partial charge in [-0.1, -0.05) is 24.3 Å². The lowest BCUT2D eigenvalue weighted by atomic mass is 9.99. The molecule has 1 atom stereocenters. The topological polar surface area (TPSA) is 63.4 Å². The molecule has 110 valence electrons. The second kappa shape index (κ2) is 5.13. The van der Waals surface area contributed by atoms with Crippen molar-refractivity contribution >= 4 is 15.7 Å². The van der Waals surface area contributed by atoms with E-state index in [-0.39, 0.29) is 17.5 Å². The van der Waals surface area contributed by atoms with E-state index in [1.807, 2.05) is 12.1 Å². The molecule has 0 aromatic heterocycles. The molecule has 0 spiro atoms. The Kier molecular flexibility index (Phi) is 3.43. The van der Waals surface area contributed by atoms with Gasteiger partial charge in [-0.3, -0.25) is 4.31 Å². The Bertz CT molecular complexity index is 777. The maximum absolute atomic E-state index is 13.3. The van der Waals surface area contributed by atoms with Crippen LogP contribution in [0.3, 0.4) is 0 Å². The van der Waals surface area contributed by atoms with Crippen LogP contribution in [0.15, 0.2) is 53.4 Å². The summed E-state index contributed by atoms with van der Waals surface area (Å²) in [4.78, 5) is -0.0484. The first-order valence-corrected chi connectivity index (χ1v) is 8.07. The molecule has 0 saturated heterocycles. The van der Waals surface area contributed by atoms with Gasteiger partial charge in [-0.25, -0.2) is 12.8 Å². The van der Waals surface area contributed by atoms with Gasteiger partial charge in [0.2, 0.25) is 0 Å². The Hall–Kier alpha value is -1.92. The molecule has 0 fully saturated rings. The number of sulfonamides is 1. The summed E-state index contributed by atoms with van der Waals surface area (Å²) >= 11 is 0. The van der Waals surface area contributed by atoms with Crippen LogP contribution in [0.4, 0.5) is 10.1 Å². The minimum Gasteiger partial charge on any atom is -0.324 e. The smallest absolute Gasteiger partial charge is 0.264 e. The van der Waals surface area contributed by atoms with Crippen molar-refractivity contribution in [1.82, 2.24) is 0 Å². The van der Waals surface area contributed by atoms with Crippen molar-refractivity contribution in [3.63, 3.8) is 0 Å². The zero-order valence-electron chi connectivity index (χ0n) is 11.2. The van der Waals surface area contributed by atoms with Crippen LogP contribution in [0.5, 0.6) is 0 Å². The van der Waals surface area contributed by atoms with Gasteiger partial charge < -0.3 is 5.73 Å². The summed E-state index contributed by atoms with van der Waals surface area (Å²) in [5.74, 6) is -0.571. The molecule has 0 saturated carbocycles. The van der Waals surface area contributed by atoms with Gasteiger partial charge in [0.05, 0.1) is 10.6 Å². The Balaban J connectivity index is 2.11. The quantitative estimate of drug-likeness (QED) is 0.927. The fourth-order valence-electron chi connectivity index (χ4n) is 2.56. The number of anilines is 1. The van der Waals surface area contributed by atoms with Crippen LogP contribution >= 0.6 is 0 Å². The maximum atomic E-state index is 13.3. The highest BCUT2D eigenvalue weighted by Crippen LogP contribution is 2.35. The van der Waals surface area contributed by atoms with E-state index >= 15 is 0 Å². The predicted molar refractivity (Wildman–Crippen MR) is 78.9 cm³/mol. The van der Waals surface area contributed by atoms with Crippen LogP contribution < -0.4 is 10.0 Å². The monoisotopic (exact) mass is 306 g/mol. The fourth-order valence-corrected chi connectivity index (χ4v) is 4.10. The molecule has 0 bridgehead atoms. The number of fused-ring (bicyclic) bond motifs is 1. The van der Waals surface area contributed by atoms with E-state index in [9.17, 15) is 12.8 Å². The molecule has 3 rings (SSSR count). The van der Waals surface area contributed by atoms with Crippen molar-refractivity contribution in [2.75, 3.05) is 10.8 Å². The molecule has 2 aromatic rings. The standard InChI is InChI=1S/C15H15FN2O2S/c16-11-4-3-5-12(10-11)21(19,20)18-9-8-14(17)13-6-1-2-7-15(13)18/h1-7,10,14H,8-9,17H2. The first-order chi connectivity index (χ1) is 10.00. The first kappa shape index (κ1) is 14.0. The van der Waals surface area contributed by atoms with Crippen LogP contribution in [0.2, 0.25) is 0 Å². The van der Waals surface area contributed by atoms with Crippen molar-refractivity contribution in [2.45, 2.75) is 17.4 Å². The second-order valence-corrected chi connectivity index (χ2v) is 6.85. The molecular weight excluding hydrogens is 291 g/mol. The summed E-state index contributed by atoms with van der Waals surface area (Å²) in [6.45, 7) is 0.289. The molecule has 2 N–H and O–H groups in total. The lowest BCUT2D eigenvalue weighted by Crippen LogP contribution is -2.38. The largest absolute Gasteiger partial charge is 0.324 e.